The minimum Gasteiger partial charge on any atom is -0.508 e. The lowest BCUT2D eigenvalue weighted by molar-refractivity contribution is 0.435. The van der Waals surface area contributed by atoms with Crippen LogP contribution in [0.15, 0.2) is 36.4 Å². The monoisotopic (exact) mass is 542 g/mol. The number of aromatic hydroxyl groups is 6. The molecule has 6 nitrogen and oxygen atoms in total. The number of phenolic OH excluding ortho intramolecular Hbond substituents is 6. The van der Waals surface area contributed by atoms with Crippen molar-refractivity contribution in [1.82, 2.24) is 0 Å². The van der Waals surface area contributed by atoms with Crippen molar-refractivity contribution in [2.45, 2.75) is 67.2 Å². The summed E-state index contributed by atoms with van der Waals surface area (Å²) in [7, 11) is 0. The van der Waals surface area contributed by atoms with Gasteiger partial charge >= 0.3 is 0 Å². The number of aryl methyl sites for hydroxylation is 2. The Labute approximate surface area is 235 Å². The minimum absolute atomic E-state index is 0.0413. The Bertz CT molecular complexity index is 1510. The zero-order valence-corrected chi connectivity index (χ0v) is 24.1. The highest BCUT2D eigenvalue weighted by atomic mass is 16.3. The number of phenols is 6. The number of benzene rings is 4. The fraction of sp³-hybridized carbons (Fsp3) is 0.294. The van der Waals surface area contributed by atoms with Gasteiger partial charge in [-0.1, -0.05) is 19.1 Å². The van der Waals surface area contributed by atoms with E-state index < -0.39 is 5.92 Å². The van der Waals surface area contributed by atoms with Crippen LogP contribution in [0.5, 0.6) is 34.5 Å². The minimum atomic E-state index is -0.465. The van der Waals surface area contributed by atoms with Gasteiger partial charge in [-0.2, -0.15) is 0 Å². The molecule has 0 amide bonds. The molecule has 0 heterocycles. The highest BCUT2D eigenvalue weighted by molar-refractivity contribution is 5.57. The van der Waals surface area contributed by atoms with Crippen molar-refractivity contribution >= 4 is 0 Å². The van der Waals surface area contributed by atoms with Gasteiger partial charge in [0.2, 0.25) is 0 Å². The van der Waals surface area contributed by atoms with Crippen molar-refractivity contribution in [3.63, 3.8) is 0 Å². The zero-order chi connectivity index (χ0) is 29.6. The molecule has 0 saturated carbocycles. The first-order valence-electron chi connectivity index (χ1n) is 13.4. The molecule has 0 fully saturated rings. The Kier molecular flexibility index (Phi) is 7.66. The van der Waals surface area contributed by atoms with Gasteiger partial charge in [0.15, 0.2) is 0 Å². The van der Waals surface area contributed by atoms with Crippen molar-refractivity contribution in [2.24, 2.45) is 0 Å². The molecule has 40 heavy (non-hydrogen) atoms. The van der Waals surface area contributed by atoms with Crippen LogP contribution in [0.2, 0.25) is 0 Å². The third-order valence-electron chi connectivity index (χ3n) is 8.48. The maximum Gasteiger partial charge on any atom is 0.123 e. The summed E-state index contributed by atoms with van der Waals surface area (Å²) < 4.78 is 0. The first-order chi connectivity index (χ1) is 18.7. The molecular formula is C34H38O6. The van der Waals surface area contributed by atoms with Gasteiger partial charge in [-0.15, -0.1) is 0 Å². The predicted molar refractivity (Wildman–Crippen MR) is 157 cm³/mol. The van der Waals surface area contributed by atoms with E-state index in [1.165, 1.54) is 12.1 Å². The average molecular weight is 543 g/mol. The summed E-state index contributed by atoms with van der Waals surface area (Å²) in [5.41, 5.74) is 9.12. The van der Waals surface area contributed by atoms with Gasteiger partial charge in [0.05, 0.1) is 0 Å². The molecule has 0 aliphatic rings. The van der Waals surface area contributed by atoms with E-state index in [0.717, 1.165) is 44.5 Å². The largest absolute Gasteiger partial charge is 0.508 e. The quantitative estimate of drug-likeness (QED) is 0.154. The van der Waals surface area contributed by atoms with E-state index in [0.29, 0.717) is 35.1 Å². The molecular weight excluding hydrogens is 504 g/mol. The molecule has 0 aromatic heterocycles. The molecule has 0 radical (unpaired) electrons. The molecule has 210 valence electrons. The van der Waals surface area contributed by atoms with Gasteiger partial charge in [-0.05, 0) is 109 Å². The number of hydrogen-bond donors (Lipinski definition) is 6. The van der Waals surface area contributed by atoms with Crippen molar-refractivity contribution < 1.29 is 30.6 Å². The summed E-state index contributed by atoms with van der Waals surface area (Å²) in [6, 6.07) is 9.94. The number of rotatable bonds is 6. The topological polar surface area (TPSA) is 121 Å². The summed E-state index contributed by atoms with van der Waals surface area (Å²) in [5.74, 6) is -0.224. The Morgan fingerprint density at radius 3 is 1.15 bits per heavy atom. The molecule has 4 aromatic carbocycles. The molecule has 0 atom stereocenters. The Balaban J connectivity index is 1.74. The van der Waals surface area contributed by atoms with Crippen LogP contribution in [0.3, 0.4) is 0 Å². The van der Waals surface area contributed by atoms with Crippen LogP contribution in [0.1, 0.15) is 79.6 Å². The van der Waals surface area contributed by atoms with Crippen LogP contribution in [0, 0.1) is 41.5 Å². The van der Waals surface area contributed by atoms with E-state index in [1.807, 2.05) is 60.6 Å². The van der Waals surface area contributed by atoms with E-state index in [9.17, 15) is 30.6 Å². The second-order valence-corrected chi connectivity index (χ2v) is 11.1. The van der Waals surface area contributed by atoms with Crippen LogP contribution >= 0.6 is 0 Å². The highest BCUT2D eigenvalue weighted by Crippen LogP contribution is 2.42. The molecule has 4 aromatic rings. The van der Waals surface area contributed by atoms with E-state index in [2.05, 4.69) is 0 Å². The van der Waals surface area contributed by atoms with Crippen LogP contribution in [-0.4, -0.2) is 30.6 Å². The molecule has 0 aliphatic heterocycles. The maximum atomic E-state index is 10.8. The van der Waals surface area contributed by atoms with Crippen LogP contribution in [0.4, 0.5) is 0 Å². The molecule has 0 aliphatic carbocycles. The fourth-order valence-electron chi connectivity index (χ4n) is 5.51. The second-order valence-electron chi connectivity index (χ2n) is 11.1. The van der Waals surface area contributed by atoms with Crippen molar-refractivity contribution in [2.75, 3.05) is 0 Å². The second kappa shape index (κ2) is 10.7. The lowest BCUT2D eigenvalue weighted by Gasteiger charge is -2.20. The van der Waals surface area contributed by atoms with Crippen LogP contribution < -0.4 is 0 Å². The smallest absolute Gasteiger partial charge is 0.123 e. The van der Waals surface area contributed by atoms with Crippen molar-refractivity contribution in [1.29, 1.82) is 0 Å². The normalized spacial score (nSPS) is 11.4. The molecule has 0 spiro atoms. The molecule has 0 saturated heterocycles. The van der Waals surface area contributed by atoms with Gasteiger partial charge in [0.25, 0.3) is 0 Å². The van der Waals surface area contributed by atoms with Gasteiger partial charge in [-0.3, -0.25) is 0 Å². The SMILES string of the molecule is Cc1cc(Cc2cc(C(C)c3cc(Cc4cc(C)c(O)c(C)c4C)c(O)cc3O)c(O)cc2O)c(C)c(C)c1O. The van der Waals surface area contributed by atoms with Crippen LogP contribution in [-0.2, 0) is 12.8 Å². The molecule has 0 unspecified atom stereocenters. The zero-order valence-electron chi connectivity index (χ0n) is 24.1. The summed E-state index contributed by atoms with van der Waals surface area (Å²) in [6.07, 6.45) is 0.788. The van der Waals surface area contributed by atoms with Gasteiger partial charge in [0.1, 0.15) is 34.5 Å². The molecule has 0 bridgehead atoms. The Morgan fingerprint density at radius 2 is 0.800 bits per heavy atom. The number of hydrogen-bond acceptors (Lipinski definition) is 6. The first-order valence-corrected chi connectivity index (χ1v) is 13.4. The summed E-state index contributed by atoms with van der Waals surface area (Å²) >= 11 is 0. The summed E-state index contributed by atoms with van der Waals surface area (Å²) in [5, 5.41) is 63.6. The highest BCUT2D eigenvalue weighted by Gasteiger charge is 2.22. The first kappa shape index (κ1) is 28.7. The Hall–Kier alpha value is -4.32. The average Bonchev–Trinajstić information content (AvgIpc) is 2.90. The van der Waals surface area contributed by atoms with E-state index >= 15 is 0 Å². The predicted octanol–water partition coefficient (Wildman–Crippen LogP) is 7.10. The van der Waals surface area contributed by atoms with Crippen molar-refractivity contribution in [3.8, 4) is 34.5 Å². The van der Waals surface area contributed by atoms with Gasteiger partial charge < -0.3 is 30.6 Å². The Morgan fingerprint density at radius 1 is 0.450 bits per heavy atom. The summed E-state index contributed by atoms with van der Waals surface area (Å²) in [4.78, 5) is 0. The fourth-order valence-corrected chi connectivity index (χ4v) is 5.51. The summed E-state index contributed by atoms with van der Waals surface area (Å²) in [6.45, 7) is 13.1. The molecule has 4 rings (SSSR count). The molecule has 6 heteroatoms. The third-order valence-corrected chi connectivity index (χ3v) is 8.48. The van der Waals surface area contributed by atoms with E-state index in [-0.39, 0.29) is 34.5 Å². The van der Waals surface area contributed by atoms with Gasteiger partial charge in [-0.25, -0.2) is 0 Å². The lowest BCUT2D eigenvalue weighted by atomic mass is 9.86. The van der Waals surface area contributed by atoms with Gasteiger partial charge in [0, 0.05) is 42.0 Å². The standard InChI is InChI=1S/C34H38O6/c1-16-8-23(18(3)20(5)33(16)39)10-25-12-27(31(37)14-29(25)35)22(7)28-13-26(30(36)15-32(28)38)11-24-9-17(2)34(40)21(6)19(24)4/h8-9,12-15,22,35-40H,10-11H2,1-7H3. The van der Waals surface area contributed by atoms with E-state index in [4.69, 9.17) is 0 Å². The van der Waals surface area contributed by atoms with Crippen molar-refractivity contribution in [3.05, 3.63) is 103 Å². The lowest BCUT2D eigenvalue weighted by Crippen LogP contribution is -2.03. The third kappa shape index (κ3) is 5.14. The molecule has 6 N–H and O–H groups in total. The maximum absolute atomic E-state index is 10.8. The van der Waals surface area contributed by atoms with E-state index in [1.54, 1.807) is 12.1 Å². The van der Waals surface area contributed by atoms with Crippen LogP contribution in [0.25, 0.3) is 0 Å².